The van der Waals surface area contributed by atoms with Crippen LogP contribution in [0.4, 0.5) is 0 Å². The zero-order chi connectivity index (χ0) is 14.4. The molecule has 0 radical (unpaired) electrons. The van der Waals surface area contributed by atoms with Crippen molar-refractivity contribution in [2.75, 3.05) is 33.7 Å². The molecule has 0 aliphatic carbocycles. The van der Waals surface area contributed by atoms with Crippen molar-refractivity contribution in [3.8, 4) is 0 Å². The molecule has 2 N–H and O–H groups in total. The fraction of sp³-hybridized carbons (Fsp3) is 0.667. The highest BCUT2D eigenvalue weighted by atomic mass is 32.1. The number of guanidine groups is 1. The molecule has 20 heavy (non-hydrogen) atoms. The Kier molecular flexibility index (Phi) is 5.86. The Hall–Kier alpha value is -1.07. The topological polar surface area (TPSA) is 44.9 Å². The van der Waals surface area contributed by atoms with Gasteiger partial charge in [0, 0.05) is 18.0 Å². The molecule has 2 heterocycles. The van der Waals surface area contributed by atoms with Crippen molar-refractivity contribution in [2.24, 2.45) is 10.7 Å². The Morgan fingerprint density at radius 3 is 2.60 bits per heavy atom. The molecular weight excluding hydrogens is 268 g/mol. The molecule has 1 unspecified atom stereocenters. The van der Waals surface area contributed by atoms with Crippen molar-refractivity contribution in [2.45, 2.75) is 31.7 Å². The average Bonchev–Trinajstić information content (AvgIpc) is 2.80. The van der Waals surface area contributed by atoms with E-state index in [4.69, 9.17) is 5.73 Å². The lowest BCUT2D eigenvalue weighted by Gasteiger charge is -2.24. The molecule has 4 nitrogen and oxygen atoms in total. The second-order valence-electron chi connectivity index (χ2n) is 5.59. The van der Waals surface area contributed by atoms with E-state index < -0.39 is 0 Å². The molecule has 1 atom stereocenters. The van der Waals surface area contributed by atoms with Gasteiger partial charge in [-0.25, -0.2) is 0 Å². The van der Waals surface area contributed by atoms with E-state index in [1.54, 1.807) is 11.3 Å². The predicted octanol–water partition coefficient (Wildman–Crippen LogP) is 2.54. The summed E-state index contributed by atoms with van der Waals surface area (Å²) < 4.78 is 0. The highest BCUT2D eigenvalue weighted by molar-refractivity contribution is 7.10. The van der Waals surface area contributed by atoms with Crippen LogP contribution in [0.5, 0.6) is 0 Å². The van der Waals surface area contributed by atoms with Gasteiger partial charge in [0.05, 0.1) is 12.6 Å². The van der Waals surface area contributed by atoms with Gasteiger partial charge in [-0.2, -0.15) is 0 Å². The summed E-state index contributed by atoms with van der Waals surface area (Å²) in [5, 5.41) is 2.12. The summed E-state index contributed by atoms with van der Waals surface area (Å²) >= 11 is 1.78. The molecule has 0 amide bonds. The SMILES string of the molecule is CN(C)C(CN=C(N)N1CCCCCC1)c1cccs1. The molecule has 0 aromatic carbocycles. The number of hydrogen-bond donors (Lipinski definition) is 1. The Morgan fingerprint density at radius 2 is 2.05 bits per heavy atom. The van der Waals surface area contributed by atoms with Crippen molar-refractivity contribution < 1.29 is 0 Å². The second kappa shape index (κ2) is 7.64. The third kappa shape index (κ3) is 4.21. The van der Waals surface area contributed by atoms with Crippen LogP contribution in [0, 0.1) is 0 Å². The molecule has 0 bridgehead atoms. The van der Waals surface area contributed by atoms with E-state index in [0.29, 0.717) is 6.04 Å². The molecule has 1 aromatic heterocycles. The van der Waals surface area contributed by atoms with Gasteiger partial charge < -0.3 is 15.5 Å². The Balaban J connectivity index is 1.98. The van der Waals surface area contributed by atoms with E-state index >= 15 is 0 Å². The molecule has 0 spiro atoms. The minimum Gasteiger partial charge on any atom is -0.370 e. The van der Waals surface area contributed by atoms with Crippen LogP contribution in [0.25, 0.3) is 0 Å². The molecule has 2 rings (SSSR count). The maximum Gasteiger partial charge on any atom is 0.191 e. The molecule has 1 aliphatic rings. The summed E-state index contributed by atoms with van der Waals surface area (Å²) in [7, 11) is 4.20. The minimum atomic E-state index is 0.320. The summed E-state index contributed by atoms with van der Waals surface area (Å²) in [5.41, 5.74) is 6.18. The van der Waals surface area contributed by atoms with Gasteiger partial charge in [0.2, 0.25) is 0 Å². The quantitative estimate of drug-likeness (QED) is 0.685. The Morgan fingerprint density at radius 1 is 1.35 bits per heavy atom. The summed E-state index contributed by atoms with van der Waals surface area (Å²) in [6.45, 7) is 2.85. The number of nitrogens with two attached hydrogens (primary N) is 1. The number of likely N-dealkylation sites (N-methyl/N-ethyl adjacent to an activating group) is 1. The van der Waals surface area contributed by atoms with Gasteiger partial charge in [0.1, 0.15) is 0 Å². The van der Waals surface area contributed by atoms with Crippen LogP contribution in [-0.4, -0.2) is 49.5 Å². The zero-order valence-electron chi connectivity index (χ0n) is 12.6. The molecule has 1 aromatic rings. The molecule has 0 saturated carbocycles. The van der Waals surface area contributed by atoms with Crippen molar-refractivity contribution in [3.05, 3.63) is 22.4 Å². The molecular formula is C15H26N4S. The van der Waals surface area contributed by atoms with Crippen LogP contribution >= 0.6 is 11.3 Å². The van der Waals surface area contributed by atoms with Gasteiger partial charge in [0.15, 0.2) is 5.96 Å². The van der Waals surface area contributed by atoms with Gasteiger partial charge in [-0.05, 0) is 38.4 Å². The van der Waals surface area contributed by atoms with E-state index in [1.807, 2.05) is 0 Å². The monoisotopic (exact) mass is 294 g/mol. The van der Waals surface area contributed by atoms with Crippen molar-refractivity contribution in [1.29, 1.82) is 0 Å². The minimum absolute atomic E-state index is 0.320. The van der Waals surface area contributed by atoms with Crippen molar-refractivity contribution in [3.63, 3.8) is 0 Å². The Labute approximate surface area is 126 Å². The second-order valence-corrected chi connectivity index (χ2v) is 6.57. The average molecular weight is 294 g/mol. The normalized spacial score (nSPS) is 19.1. The van der Waals surface area contributed by atoms with Crippen molar-refractivity contribution in [1.82, 2.24) is 9.80 Å². The lowest BCUT2D eigenvalue weighted by atomic mass is 10.2. The van der Waals surface area contributed by atoms with Gasteiger partial charge in [0.25, 0.3) is 0 Å². The van der Waals surface area contributed by atoms with Crippen LogP contribution in [0.15, 0.2) is 22.5 Å². The third-order valence-electron chi connectivity index (χ3n) is 3.85. The first-order valence-corrected chi connectivity index (χ1v) is 8.31. The predicted molar refractivity (Wildman–Crippen MR) is 87.3 cm³/mol. The molecule has 1 saturated heterocycles. The van der Waals surface area contributed by atoms with E-state index in [-0.39, 0.29) is 0 Å². The fourth-order valence-corrected chi connectivity index (χ4v) is 3.48. The first-order chi connectivity index (χ1) is 9.68. The van der Waals surface area contributed by atoms with E-state index in [2.05, 4.69) is 46.4 Å². The summed E-state index contributed by atoms with van der Waals surface area (Å²) in [6.07, 6.45) is 5.11. The van der Waals surface area contributed by atoms with Crippen LogP contribution in [-0.2, 0) is 0 Å². The summed E-state index contributed by atoms with van der Waals surface area (Å²) in [4.78, 5) is 10.5. The number of rotatable bonds is 4. The zero-order valence-corrected chi connectivity index (χ0v) is 13.4. The maximum atomic E-state index is 6.18. The van der Waals surface area contributed by atoms with Gasteiger partial charge >= 0.3 is 0 Å². The van der Waals surface area contributed by atoms with Gasteiger partial charge in [-0.1, -0.05) is 18.9 Å². The van der Waals surface area contributed by atoms with E-state index in [1.165, 1.54) is 30.6 Å². The number of likely N-dealkylation sites (tertiary alicyclic amines) is 1. The van der Waals surface area contributed by atoms with Gasteiger partial charge in [-0.15, -0.1) is 11.3 Å². The van der Waals surface area contributed by atoms with Gasteiger partial charge in [-0.3, -0.25) is 4.99 Å². The van der Waals surface area contributed by atoms with Crippen LogP contribution < -0.4 is 5.73 Å². The van der Waals surface area contributed by atoms with Crippen LogP contribution in [0.2, 0.25) is 0 Å². The number of nitrogens with zero attached hydrogens (tertiary/aromatic N) is 3. The highest BCUT2D eigenvalue weighted by Crippen LogP contribution is 2.23. The third-order valence-corrected chi connectivity index (χ3v) is 4.82. The highest BCUT2D eigenvalue weighted by Gasteiger charge is 2.16. The van der Waals surface area contributed by atoms with Crippen LogP contribution in [0.1, 0.15) is 36.6 Å². The largest absolute Gasteiger partial charge is 0.370 e. The molecule has 5 heteroatoms. The first-order valence-electron chi connectivity index (χ1n) is 7.43. The number of hydrogen-bond acceptors (Lipinski definition) is 3. The van der Waals surface area contributed by atoms with E-state index in [0.717, 1.165) is 25.6 Å². The number of aliphatic imine (C=N–C) groups is 1. The fourth-order valence-electron chi connectivity index (χ4n) is 2.57. The van der Waals surface area contributed by atoms with E-state index in [9.17, 15) is 0 Å². The lowest BCUT2D eigenvalue weighted by molar-refractivity contribution is 0.309. The van der Waals surface area contributed by atoms with Crippen molar-refractivity contribution >= 4 is 17.3 Å². The summed E-state index contributed by atoms with van der Waals surface area (Å²) in [6, 6.07) is 4.59. The molecule has 1 fully saturated rings. The molecule has 1 aliphatic heterocycles. The first kappa shape index (κ1) is 15.3. The Bertz CT molecular complexity index is 406. The lowest BCUT2D eigenvalue weighted by Crippen LogP contribution is -2.38. The summed E-state index contributed by atoms with van der Waals surface area (Å²) in [5.74, 6) is 0.718. The number of thiophene rings is 1. The maximum absolute atomic E-state index is 6.18. The smallest absolute Gasteiger partial charge is 0.191 e. The molecule has 112 valence electrons. The van der Waals surface area contributed by atoms with Crippen LogP contribution in [0.3, 0.4) is 0 Å². The standard InChI is InChI=1S/C15H26N4S/c1-18(2)13(14-8-7-11-20-14)12-17-15(16)19-9-5-3-4-6-10-19/h7-8,11,13H,3-6,9-10,12H2,1-2H3,(H2,16,17).